The minimum absolute atomic E-state index is 0.592. The molecule has 2 heterocycles. The van der Waals surface area contributed by atoms with E-state index in [1.54, 1.807) is 20.4 Å². The molecule has 142 valence electrons. The van der Waals surface area contributed by atoms with Crippen molar-refractivity contribution < 1.29 is 9.47 Å². The van der Waals surface area contributed by atoms with Crippen molar-refractivity contribution in [3.05, 3.63) is 60.9 Å². The van der Waals surface area contributed by atoms with Gasteiger partial charge in [0.1, 0.15) is 11.5 Å². The third-order valence-corrected chi connectivity index (χ3v) is 4.86. The van der Waals surface area contributed by atoms with Crippen LogP contribution in [-0.2, 0) is 7.05 Å². The topological polar surface area (TPSA) is 52.4 Å². The molecule has 28 heavy (non-hydrogen) atoms. The summed E-state index contributed by atoms with van der Waals surface area (Å²) >= 11 is 0. The lowest BCUT2D eigenvalue weighted by molar-refractivity contribution is 0.395. The smallest absolute Gasteiger partial charge is 0.230 e. The number of para-hydroxylation sites is 1. The SMILES string of the molecule is COc1ccc(N(C)c2nccc(-c3cn(C)c4ccccc34)n2)c(OC)c1. The van der Waals surface area contributed by atoms with Crippen LogP contribution >= 0.6 is 0 Å². The highest BCUT2D eigenvalue weighted by Gasteiger charge is 2.16. The highest BCUT2D eigenvalue weighted by Crippen LogP contribution is 2.35. The largest absolute Gasteiger partial charge is 0.497 e. The second-order valence-corrected chi connectivity index (χ2v) is 6.51. The van der Waals surface area contributed by atoms with Crippen LogP contribution in [0.25, 0.3) is 22.2 Å². The van der Waals surface area contributed by atoms with Crippen LogP contribution in [0.2, 0.25) is 0 Å². The number of anilines is 2. The Morgan fingerprint density at radius 2 is 1.82 bits per heavy atom. The number of aromatic nitrogens is 3. The molecule has 0 atom stereocenters. The highest BCUT2D eigenvalue weighted by atomic mass is 16.5. The molecule has 0 saturated heterocycles. The van der Waals surface area contributed by atoms with E-state index >= 15 is 0 Å². The van der Waals surface area contributed by atoms with Gasteiger partial charge in [-0.1, -0.05) is 18.2 Å². The zero-order valence-corrected chi connectivity index (χ0v) is 16.4. The number of aryl methyl sites for hydroxylation is 1. The minimum atomic E-state index is 0.592. The van der Waals surface area contributed by atoms with Crippen molar-refractivity contribution in [1.29, 1.82) is 0 Å². The van der Waals surface area contributed by atoms with Gasteiger partial charge in [0.05, 0.1) is 25.6 Å². The van der Waals surface area contributed by atoms with Gasteiger partial charge in [-0.2, -0.15) is 0 Å². The maximum atomic E-state index is 5.53. The first-order valence-corrected chi connectivity index (χ1v) is 8.95. The Morgan fingerprint density at radius 1 is 1.00 bits per heavy atom. The second-order valence-electron chi connectivity index (χ2n) is 6.51. The third kappa shape index (κ3) is 3.03. The summed E-state index contributed by atoms with van der Waals surface area (Å²) in [6.07, 6.45) is 3.89. The van der Waals surface area contributed by atoms with E-state index in [-0.39, 0.29) is 0 Å². The minimum Gasteiger partial charge on any atom is -0.497 e. The monoisotopic (exact) mass is 374 g/mol. The zero-order valence-electron chi connectivity index (χ0n) is 16.4. The van der Waals surface area contributed by atoms with E-state index in [1.165, 1.54) is 10.9 Å². The molecule has 0 radical (unpaired) electrons. The van der Waals surface area contributed by atoms with Gasteiger partial charge in [-0.3, -0.25) is 0 Å². The quantitative estimate of drug-likeness (QED) is 0.518. The summed E-state index contributed by atoms with van der Waals surface area (Å²) < 4.78 is 12.9. The summed E-state index contributed by atoms with van der Waals surface area (Å²) in [6, 6.07) is 15.9. The van der Waals surface area contributed by atoms with Crippen molar-refractivity contribution in [2.75, 3.05) is 26.2 Å². The second kappa shape index (κ2) is 7.23. The molecule has 4 rings (SSSR count). The number of nitrogens with zero attached hydrogens (tertiary/aromatic N) is 4. The van der Waals surface area contributed by atoms with E-state index in [0.717, 1.165) is 22.7 Å². The van der Waals surface area contributed by atoms with Crippen molar-refractivity contribution >= 4 is 22.5 Å². The molecule has 0 saturated carbocycles. The van der Waals surface area contributed by atoms with Gasteiger partial charge in [0, 0.05) is 49.0 Å². The Labute approximate surface area is 164 Å². The van der Waals surface area contributed by atoms with Crippen LogP contribution in [0.15, 0.2) is 60.9 Å². The molecule has 0 fully saturated rings. The summed E-state index contributed by atoms with van der Waals surface area (Å²) in [5, 5.41) is 1.17. The fourth-order valence-electron chi connectivity index (χ4n) is 3.38. The number of hydrogen-bond donors (Lipinski definition) is 0. The first kappa shape index (κ1) is 17.9. The maximum Gasteiger partial charge on any atom is 0.230 e. The zero-order chi connectivity index (χ0) is 19.7. The number of fused-ring (bicyclic) bond motifs is 1. The molecule has 0 aliphatic rings. The van der Waals surface area contributed by atoms with E-state index in [1.807, 2.05) is 55.4 Å². The number of ether oxygens (including phenoxy) is 2. The van der Waals surface area contributed by atoms with Crippen molar-refractivity contribution in [3.8, 4) is 22.8 Å². The van der Waals surface area contributed by atoms with Crippen LogP contribution in [0.5, 0.6) is 11.5 Å². The number of hydrogen-bond acceptors (Lipinski definition) is 5. The van der Waals surface area contributed by atoms with E-state index in [4.69, 9.17) is 14.5 Å². The van der Waals surface area contributed by atoms with E-state index in [9.17, 15) is 0 Å². The normalized spacial score (nSPS) is 10.9. The standard InChI is InChI=1S/C22H22N4O2/c1-25-14-17(16-7-5-6-8-19(16)25)18-11-12-23-22(24-18)26(2)20-10-9-15(27-3)13-21(20)28-4/h5-14H,1-4H3. The van der Waals surface area contributed by atoms with Crippen molar-refractivity contribution in [3.63, 3.8) is 0 Å². The molecule has 0 unspecified atom stereocenters. The summed E-state index contributed by atoms with van der Waals surface area (Å²) in [7, 11) is 7.24. The van der Waals surface area contributed by atoms with Gasteiger partial charge >= 0.3 is 0 Å². The third-order valence-electron chi connectivity index (χ3n) is 4.86. The van der Waals surface area contributed by atoms with Gasteiger partial charge in [-0.25, -0.2) is 9.97 Å². The molecule has 0 aliphatic carbocycles. The number of methoxy groups -OCH3 is 2. The Balaban J connectivity index is 1.77. The van der Waals surface area contributed by atoms with Crippen LogP contribution in [0, 0.1) is 0 Å². The summed E-state index contributed by atoms with van der Waals surface area (Å²) in [5.41, 5.74) is 3.99. The number of rotatable bonds is 5. The molecule has 0 amide bonds. The molecular formula is C22H22N4O2. The van der Waals surface area contributed by atoms with Crippen LogP contribution < -0.4 is 14.4 Å². The van der Waals surface area contributed by atoms with Gasteiger partial charge < -0.3 is 18.9 Å². The average Bonchev–Trinajstić information content (AvgIpc) is 3.09. The Kier molecular flexibility index (Phi) is 4.61. The molecule has 2 aromatic heterocycles. The van der Waals surface area contributed by atoms with Gasteiger partial charge in [0.15, 0.2) is 0 Å². The molecule has 0 N–H and O–H groups in total. The van der Waals surface area contributed by atoms with Gasteiger partial charge in [0.2, 0.25) is 5.95 Å². The molecule has 0 aliphatic heterocycles. The predicted molar refractivity (Wildman–Crippen MR) is 112 cm³/mol. The fourth-order valence-corrected chi connectivity index (χ4v) is 3.38. The fraction of sp³-hybridized carbons (Fsp3) is 0.182. The van der Waals surface area contributed by atoms with Crippen LogP contribution in [-0.4, -0.2) is 35.8 Å². The Bertz CT molecular complexity index is 1140. The van der Waals surface area contributed by atoms with Gasteiger partial charge in [-0.05, 0) is 24.3 Å². The van der Waals surface area contributed by atoms with Crippen molar-refractivity contribution in [2.24, 2.45) is 7.05 Å². The molecule has 4 aromatic rings. The van der Waals surface area contributed by atoms with E-state index in [0.29, 0.717) is 11.7 Å². The number of benzene rings is 2. The first-order chi connectivity index (χ1) is 13.6. The summed E-state index contributed by atoms with van der Waals surface area (Å²) in [6.45, 7) is 0. The van der Waals surface area contributed by atoms with Gasteiger partial charge in [-0.15, -0.1) is 0 Å². The lowest BCUT2D eigenvalue weighted by Crippen LogP contribution is -2.14. The lowest BCUT2D eigenvalue weighted by atomic mass is 10.1. The molecular weight excluding hydrogens is 352 g/mol. The average molecular weight is 374 g/mol. The van der Waals surface area contributed by atoms with Crippen LogP contribution in [0.1, 0.15) is 0 Å². The van der Waals surface area contributed by atoms with E-state index < -0.39 is 0 Å². The first-order valence-electron chi connectivity index (χ1n) is 8.95. The Hall–Kier alpha value is -3.54. The summed E-state index contributed by atoms with van der Waals surface area (Å²) in [4.78, 5) is 11.2. The predicted octanol–water partition coefficient (Wildman–Crippen LogP) is 4.42. The maximum absolute atomic E-state index is 5.53. The molecule has 6 nitrogen and oxygen atoms in total. The van der Waals surface area contributed by atoms with Crippen molar-refractivity contribution in [2.45, 2.75) is 0 Å². The lowest BCUT2D eigenvalue weighted by Gasteiger charge is -2.20. The molecule has 0 bridgehead atoms. The summed E-state index contributed by atoms with van der Waals surface area (Å²) in [5.74, 6) is 2.02. The van der Waals surface area contributed by atoms with Crippen LogP contribution in [0.4, 0.5) is 11.6 Å². The molecule has 6 heteroatoms. The van der Waals surface area contributed by atoms with Crippen molar-refractivity contribution in [1.82, 2.24) is 14.5 Å². The van der Waals surface area contributed by atoms with Gasteiger partial charge in [0.25, 0.3) is 0 Å². The molecule has 2 aromatic carbocycles. The highest BCUT2D eigenvalue weighted by molar-refractivity contribution is 5.95. The molecule has 0 spiro atoms. The van der Waals surface area contributed by atoms with Crippen LogP contribution in [0.3, 0.4) is 0 Å². The van der Waals surface area contributed by atoms with E-state index in [2.05, 4.69) is 27.9 Å². The Morgan fingerprint density at radius 3 is 2.61 bits per heavy atom.